The Bertz CT molecular complexity index is 797. The van der Waals surface area contributed by atoms with Crippen LogP contribution in [0.5, 0.6) is 0 Å². The first kappa shape index (κ1) is 17.1. The number of hydrogen-bond acceptors (Lipinski definition) is 2. The van der Waals surface area contributed by atoms with Crippen LogP contribution in [0, 0.1) is 19.7 Å². The number of benzene rings is 2. The van der Waals surface area contributed by atoms with Crippen molar-refractivity contribution in [3.8, 4) is 0 Å². The molecule has 0 spiro atoms. The smallest absolute Gasteiger partial charge is 0.254 e. The molecule has 5 heteroatoms. The first-order valence-corrected chi connectivity index (χ1v) is 8.33. The Morgan fingerprint density at radius 2 is 1.64 bits per heavy atom. The van der Waals surface area contributed by atoms with E-state index >= 15 is 0 Å². The lowest BCUT2D eigenvalue weighted by molar-refractivity contribution is -0.124. The SMILES string of the molecule is Cc1cc(C)cc(N2CCN(C(=O)c3ccc(F)cc3)[C@H](C)C2=O)c1. The molecule has 1 atom stereocenters. The molecule has 4 nitrogen and oxygen atoms in total. The molecule has 2 aromatic rings. The molecule has 0 N–H and O–H groups in total. The minimum atomic E-state index is -0.563. The maximum atomic E-state index is 13.0. The number of hydrogen-bond donors (Lipinski definition) is 0. The van der Waals surface area contributed by atoms with Gasteiger partial charge in [-0.05, 0) is 68.3 Å². The van der Waals surface area contributed by atoms with Crippen LogP contribution in [-0.2, 0) is 4.79 Å². The lowest BCUT2D eigenvalue weighted by atomic mass is 10.1. The van der Waals surface area contributed by atoms with E-state index in [2.05, 4.69) is 6.07 Å². The summed E-state index contributed by atoms with van der Waals surface area (Å²) in [6.45, 7) is 6.62. The molecule has 3 rings (SSSR count). The highest BCUT2D eigenvalue weighted by molar-refractivity contribution is 6.03. The fraction of sp³-hybridized carbons (Fsp3) is 0.300. The van der Waals surface area contributed by atoms with Crippen molar-refractivity contribution in [2.24, 2.45) is 0 Å². The van der Waals surface area contributed by atoms with Crippen molar-refractivity contribution in [3.05, 3.63) is 65.0 Å². The van der Waals surface area contributed by atoms with Gasteiger partial charge in [0.1, 0.15) is 11.9 Å². The monoisotopic (exact) mass is 340 g/mol. The maximum absolute atomic E-state index is 13.0. The Kier molecular flexibility index (Phi) is 4.57. The molecule has 0 unspecified atom stereocenters. The molecule has 130 valence electrons. The van der Waals surface area contributed by atoms with Gasteiger partial charge < -0.3 is 9.80 Å². The second kappa shape index (κ2) is 6.67. The van der Waals surface area contributed by atoms with Crippen LogP contribution < -0.4 is 4.90 Å². The quantitative estimate of drug-likeness (QED) is 0.841. The summed E-state index contributed by atoms with van der Waals surface area (Å²) in [5, 5.41) is 0. The van der Waals surface area contributed by atoms with Crippen LogP contribution in [0.2, 0.25) is 0 Å². The molecule has 0 radical (unpaired) electrons. The first-order chi connectivity index (χ1) is 11.9. The highest BCUT2D eigenvalue weighted by Gasteiger charge is 2.35. The van der Waals surface area contributed by atoms with Gasteiger partial charge in [0.05, 0.1) is 0 Å². The Balaban J connectivity index is 1.81. The number of halogens is 1. The number of piperazine rings is 1. The highest BCUT2D eigenvalue weighted by atomic mass is 19.1. The van der Waals surface area contributed by atoms with Crippen molar-refractivity contribution in [1.82, 2.24) is 4.90 Å². The van der Waals surface area contributed by atoms with E-state index < -0.39 is 6.04 Å². The summed E-state index contributed by atoms with van der Waals surface area (Å²) in [6, 6.07) is 10.9. The van der Waals surface area contributed by atoms with E-state index in [9.17, 15) is 14.0 Å². The molecule has 2 aromatic carbocycles. The third-order valence-electron chi connectivity index (χ3n) is 4.53. The number of aryl methyl sites for hydroxylation is 2. The molecule has 1 aliphatic rings. The average molecular weight is 340 g/mol. The molecule has 1 fully saturated rings. The summed E-state index contributed by atoms with van der Waals surface area (Å²) >= 11 is 0. The van der Waals surface area contributed by atoms with Crippen LogP contribution in [0.25, 0.3) is 0 Å². The third-order valence-corrected chi connectivity index (χ3v) is 4.53. The molecule has 2 amide bonds. The van der Waals surface area contributed by atoms with Crippen LogP contribution in [0.3, 0.4) is 0 Å². The van der Waals surface area contributed by atoms with E-state index in [4.69, 9.17) is 0 Å². The summed E-state index contributed by atoms with van der Waals surface area (Å²) in [6.07, 6.45) is 0. The van der Waals surface area contributed by atoms with Gasteiger partial charge in [-0.3, -0.25) is 9.59 Å². The predicted molar refractivity (Wildman–Crippen MR) is 95.2 cm³/mol. The second-order valence-electron chi connectivity index (χ2n) is 6.52. The summed E-state index contributed by atoms with van der Waals surface area (Å²) in [5.41, 5.74) is 3.45. The van der Waals surface area contributed by atoms with E-state index in [0.717, 1.165) is 16.8 Å². The Hall–Kier alpha value is -2.69. The molecule has 1 heterocycles. The zero-order chi connectivity index (χ0) is 18.1. The van der Waals surface area contributed by atoms with E-state index in [0.29, 0.717) is 18.7 Å². The normalized spacial score (nSPS) is 17.8. The number of rotatable bonds is 2. The average Bonchev–Trinajstić information content (AvgIpc) is 2.56. The highest BCUT2D eigenvalue weighted by Crippen LogP contribution is 2.24. The molecular formula is C20H21FN2O2. The third kappa shape index (κ3) is 3.40. The van der Waals surface area contributed by atoms with Crippen LogP contribution in [0.1, 0.15) is 28.4 Å². The summed E-state index contributed by atoms with van der Waals surface area (Å²) in [4.78, 5) is 28.8. The van der Waals surface area contributed by atoms with E-state index in [1.54, 1.807) is 16.7 Å². The molecule has 1 saturated heterocycles. The van der Waals surface area contributed by atoms with Gasteiger partial charge in [-0.15, -0.1) is 0 Å². The summed E-state index contributed by atoms with van der Waals surface area (Å²) in [5.74, 6) is -0.743. The van der Waals surface area contributed by atoms with Crippen LogP contribution in [-0.4, -0.2) is 35.8 Å². The number of amides is 2. The van der Waals surface area contributed by atoms with Crippen molar-refractivity contribution in [1.29, 1.82) is 0 Å². The second-order valence-corrected chi connectivity index (χ2v) is 6.52. The van der Waals surface area contributed by atoms with Crippen molar-refractivity contribution < 1.29 is 14.0 Å². The summed E-state index contributed by atoms with van der Waals surface area (Å²) < 4.78 is 13.0. The molecule has 1 aliphatic heterocycles. The zero-order valence-electron chi connectivity index (χ0n) is 14.6. The molecule has 0 bridgehead atoms. The van der Waals surface area contributed by atoms with Crippen molar-refractivity contribution in [2.45, 2.75) is 26.8 Å². The summed E-state index contributed by atoms with van der Waals surface area (Å²) in [7, 11) is 0. The topological polar surface area (TPSA) is 40.6 Å². The minimum absolute atomic E-state index is 0.105. The van der Waals surface area contributed by atoms with Gasteiger partial charge in [-0.1, -0.05) is 6.07 Å². The van der Waals surface area contributed by atoms with E-state index in [-0.39, 0.29) is 17.6 Å². The van der Waals surface area contributed by atoms with Gasteiger partial charge in [0.25, 0.3) is 5.91 Å². The Morgan fingerprint density at radius 1 is 1.04 bits per heavy atom. The van der Waals surface area contributed by atoms with Crippen LogP contribution >= 0.6 is 0 Å². The van der Waals surface area contributed by atoms with E-state index in [1.165, 1.54) is 24.3 Å². The molecule has 0 aromatic heterocycles. The predicted octanol–water partition coefficient (Wildman–Crippen LogP) is 3.32. The first-order valence-electron chi connectivity index (χ1n) is 8.33. The number of carbonyl (C=O) groups excluding carboxylic acids is 2. The van der Waals surface area contributed by atoms with Crippen molar-refractivity contribution in [3.63, 3.8) is 0 Å². The maximum Gasteiger partial charge on any atom is 0.254 e. The van der Waals surface area contributed by atoms with Gasteiger partial charge >= 0.3 is 0 Å². The Labute approximate surface area is 146 Å². The number of anilines is 1. The van der Waals surface area contributed by atoms with Gasteiger partial charge in [-0.2, -0.15) is 0 Å². The number of carbonyl (C=O) groups is 2. The van der Waals surface area contributed by atoms with Crippen LogP contribution in [0.4, 0.5) is 10.1 Å². The Morgan fingerprint density at radius 3 is 2.24 bits per heavy atom. The van der Waals surface area contributed by atoms with Gasteiger partial charge in [0.2, 0.25) is 5.91 Å². The van der Waals surface area contributed by atoms with Crippen molar-refractivity contribution >= 4 is 17.5 Å². The van der Waals surface area contributed by atoms with Gasteiger partial charge in [0.15, 0.2) is 0 Å². The van der Waals surface area contributed by atoms with E-state index in [1.807, 2.05) is 26.0 Å². The lowest BCUT2D eigenvalue weighted by Gasteiger charge is -2.39. The lowest BCUT2D eigenvalue weighted by Crippen LogP contribution is -2.57. The van der Waals surface area contributed by atoms with Crippen LogP contribution in [0.15, 0.2) is 42.5 Å². The minimum Gasteiger partial charge on any atom is -0.325 e. The van der Waals surface area contributed by atoms with Gasteiger partial charge in [0, 0.05) is 24.3 Å². The standard InChI is InChI=1S/C20H21FN2O2/c1-13-10-14(2)12-18(11-13)23-9-8-22(15(3)19(23)24)20(25)16-4-6-17(21)7-5-16/h4-7,10-12,15H,8-9H2,1-3H3/t15-/m1/s1. The largest absolute Gasteiger partial charge is 0.325 e. The fourth-order valence-electron chi connectivity index (χ4n) is 3.27. The van der Waals surface area contributed by atoms with Crippen molar-refractivity contribution in [2.75, 3.05) is 18.0 Å². The fourth-order valence-corrected chi connectivity index (χ4v) is 3.27. The molecule has 0 aliphatic carbocycles. The molecule has 25 heavy (non-hydrogen) atoms. The molecular weight excluding hydrogens is 319 g/mol. The zero-order valence-corrected chi connectivity index (χ0v) is 14.6. The molecule has 0 saturated carbocycles. The van der Waals surface area contributed by atoms with Gasteiger partial charge in [-0.25, -0.2) is 4.39 Å². The number of nitrogens with zero attached hydrogens (tertiary/aromatic N) is 2.